The molecule has 2 nitrogen and oxygen atoms in total. The quantitative estimate of drug-likeness (QED) is 0.483. The molecule has 0 saturated carbocycles. The molecule has 0 heterocycles. The van der Waals surface area contributed by atoms with Crippen LogP contribution in [0, 0.1) is 6.92 Å². The Labute approximate surface area is 94.0 Å². The molecule has 0 unspecified atom stereocenters. The van der Waals surface area contributed by atoms with E-state index in [4.69, 9.17) is 0 Å². The van der Waals surface area contributed by atoms with Gasteiger partial charge in [-0.15, -0.1) is 0 Å². The lowest BCUT2D eigenvalue weighted by molar-refractivity contribution is -0.113. The van der Waals surface area contributed by atoms with E-state index in [2.05, 4.69) is 0 Å². The number of carbonyl (C=O) groups is 1. The summed E-state index contributed by atoms with van der Waals surface area (Å²) in [5.41, 5.74) is 1.10. The maximum Gasteiger partial charge on any atom is 0.169 e. The monoisotopic (exact) mass is 222 g/mol. The molecule has 80 valence electrons. The fraction of sp³-hybridized carbons (Fsp3) is 0.250. The average molecular weight is 222 g/mol. The maximum atomic E-state index is 11.3. The van der Waals surface area contributed by atoms with E-state index in [0.717, 1.165) is 10.5 Å². The van der Waals surface area contributed by atoms with Crippen molar-refractivity contribution in [2.45, 2.75) is 25.7 Å². The van der Waals surface area contributed by atoms with Gasteiger partial charge in [0.2, 0.25) is 0 Å². The van der Waals surface area contributed by atoms with Gasteiger partial charge in [0.25, 0.3) is 0 Å². The molecule has 0 atom stereocenters. The molecule has 0 radical (unpaired) electrons. The zero-order chi connectivity index (χ0) is 11.4. The number of thioether (sulfide) groups is 1. The summed E-state index contributed by atoms with van der Waals surface area (Å²) in [4.78, 5) is 12.7. The normalized spacial score (nSPS) is 12.2. The standard InChI is InChI=1S/C12H14O2S/c1-8-6-4-5-7-11(8)15-12(9(2)13)10(3)14/h4-7,13H,1-3H3. The number of ketones is 1. The highest BCUT2D eigenvalue weighted by Crippen LogP contribution is 2.31. The molecule has 1 rings (SSSR count). The van der Waals surface area contributed by atoms with Crippen LogP contribution in [0.5, 0.6) is 0 Å². The summed E-state index contributed by atoms with van der Waals surface area (Å²) in [6.07, 6.45) is 0. The summed E-state index contributed by atoms with van der Waals surface area (Å²) in [5.74, 6) is -0.0287. The van der Waals surface area contributed by atoms with Crippen LogP contribution in [0.2, 0.25) is 0 Å². The molecule has 0 saturated heterocycles. The number of rotatable bonds is 3. The van der Waals surface area contributed by atoms with E-state index in [1.54, 1.807) is 0 Å². The number of Topliss-reactive ketones (excluding diaryl/α,β-unsaturated/α-hetero) is 1. The molecule has 0 spiro atoms. The van der Waals surface area contributed by atoms with E-state index in [1.165, 1.54) is 25.6 Å². The van der Waals surface area contributed by atoms with Gasteiger partial charge in [-0.3, -0.25) is 4.79 Å². The Morgan fingerprint density at radius 1 is 1.27 bits per heavy atom. The molecule has 1 N–H and O–H groups in total. The summed E-state index contributed by atoms with van der Waals surface area (Å²) in [6.45, 7) is 4.97. The van der Waals surface area contributed by atoms with Gasteiger partial charge in [0.1, 0.15) is 5.76 Å². The molecule has 3 heteroatoms. The molecule has 0 fully saturated rings. The first-order chi connectivity index (χ1) is 7.02. The number of carbonyl (C=O) groups excluding carboxylic acids is 1. The van der Waals surface area contributed by atoms with Crippen LogP contribution in [0.3, 0.4) is 0 Å². The van der Waals surface area contributed by atoms with E-state index in [1.807, 2.05) is 31.2 Å². The largest absolute Gasteiger partial charge is 0.511 e. The Bertz CT molecular complexity index is 404. The SMILES string of the molecule is CC(=O)C(Sc1ccccc1C)=C(C)O. The van der Waals surface area contributed by atoms with E-state index >= 15 is 0 Å². The van der Waals surface area contributed by atoms with Gasteiger partial charge in [0, 0.05) is 4.90 Å². The number of benzene rings is 1. The van der Waals surface area contributed by atoms with Gasteiger partial charge in [-0.1, -0.05) is 30.0 Å². The summed E-state index contributed by atoms with van der Waals surface area (Å²) in [7, 11) is 0. The van der Waals surface area contributed by atoms with Crippen LogP contribution in [0.1, 0.15) is 19.4 Å². The third-order valence-electron chi connectivity index (χ3n) is 1.95. The Morgan fingerprint density at radius 2 is 1.87 bits per heavy atom. The molecule has 0 amide bonds. The van der Waals surface area contributed by atoms with Crippen molar-refractivity contribution in [3.05, 3.63) is 40.5 Å². The molecule has 0 bridgehead atoms. The van der Waals surface area contributed by atoms with Gasteiger partial charge in [-0.25, -0.2) is 0 Å². The second-order valence-electron chi connectivity index (χ2n) is 3.34. The van der Waals surface area contributed by atoms with Gasteiger partial charge < -0.3 is 5.11 Å². The highest BCUT2D eigenvalue weighted by atomic mass is 32.2. The molecular weight excluding hydrogens is 208 g/mol. The van der Waals surface area contributed by atoms with Gasteiger partial charge in [-0.05, 0) is 32.4 Å². The summed E-state index contributed by atoms with van der Waals surface area (Å²) < 4.78 is 0. The third kappa shape index (κ3) is 3.13. The predicted octanol–water partition coefficient (Wildman–Crippen LogP) is 3.47. The second kappa shape index (κ2) is 5.03. The summed E-state index contributed by atoms with van der Waals surface area (Å²) in [5, 5.41) is 9.37. The van der Waals surface area contributed by atoms with Crippen molar-refractivity contribution >= 4 is 17.5 Å². The smallest absolute Gasteiger partial charge is 0.169 e. The molecule has 15 heavy (non-hydrogen) atoms. The predicted molar refractivity (Wildman–Crippen MR) is 63.0 cm³/mol. The van der Waals surface area contributed by atoms with Crippen LogP contribution in [-0.2, 0) is 4.79 Å². The van der Waals surface area contributed by atoms with Crippen molar-refractivity contribution in [2.24, 2.45) is 0 Å². The number of aliphatic hydroxyl groups excluding tert-OH is 1. The molecule has 1 aromatic rings. The number of hydrogen-bond donors (Lipinski definition) is 1. The number of aliphatic hydroxyl groups is 1. The first-order valence-electron chi connectivity index (χ1n) is 4.66. The minimum absolute atomic E-state index is 0.0794. The minimum Gasteiger partial charge on any atom is -0.511 e. The third-order valence-corrected chi connectivity index (χ3v) is 3.42. The Hall–Kier alpha value is -1.22. The van der Waals surface area contributed by atoms with Crippen LogP contribution < -0.4 is 0 Å². The van der Waals surface area contributed by atoms with E-state index in [0.29, 0.717) is 4.91 Å². The molecule has 0 aliphatic carbocycles. The van der Waals surface area contributed by atoms with Crippen molar-refractivity contribution in [3.8, 4) is 0 Å². The number of allylic oxidation sites excluding steroid dienone is 2. The fourth-order valence-electron chi connectivity index (χ4n) is 1.18. The summed E-state index contributed by atoms with van der Waals surface area (Å²) in [6, 6.07) is 7.78. The van der Waals surface area contributed by atoms with Crippen LogP contribution >= 0.6 is 11.8 Å². The topological polar surface area (TPSA) is 37.3 Å². The zero-order valence-corrected chi connectivity index (χ0v) is 9.89. The van der Waals surface area contributed by atoms with Gasteiger partial charge in [-0.2, -0.15) is 0 Å². The fourth-order valence-corrected chi connectivity index (χ4v) is 2.07. The van der Waals surface area contributed by atoms with Crippen LogP contribution in [0.4, 0.5) is 0 Å². The highest BCUT2D eigenvalue weighted by molar-refractivity contribution is 8.04. The van der Waals surface area contributed by atoms with Gasteiger partial charge >= 0.3 is 0 Å². The molecule has 0 aliphatic heterocycles. The van der Waals surface area contributed by atoms with Crippen LogP contribution in [0.15, 0.2) is 39.8 Å². The van der Waals surface area contributed by atoms with Crippen LogP contribution in [0.25, 0.3) is 0 Å². The highest BCUT2D eigenvalue weighted by Gasteiger charge is 2.11. The van der Waals surface area contributed by atoms with Crippen molar-refractivity contribution in [2.75, 3.05) is 0 Å². The first kappa shape index (κ1) is 11.9. The Morgan fingerprint density at radius 3 is 2.33 bits per heavy atom. The van der Waals surface area contributed by atoms with E-state index in [9.17, 15) is 9.90 Å². The van der Waals surface area contributed by atoms with E-state index in [-0.39, 0.29) is 11.5 Å². The van der Waals surface area contributed by atoms with Gasteiger partial charge in [0.15, 0.2) is 5.78 Å². The van der Waals surface area contributed by atoms with Crippen molar-refractivity contribution in [1.29, 1.82) is 0 Å². The lowest BCUT2D eigenvalue weighted by Crippen LogP contribution is -1.96. The zero-order valence-electron chi connectivity index (χ0n) is 9.07. The average Bonchev–Trinajstić information content (AvgIpc) is 2.15. The molecular formula is C12H14O2S. The second-order valence-corrected chi connectivity index (χ2v) is 4.39. The van der Waals surface area contributed by atoms with Crippen molar-refractivity contribution in [3.63, 3.8) is 0 Å². The van der Waals surface area contributed by atoms with Crippen molar-refractivity contribution in [1.82, 2.24) is 0 Å². The maximum absolute atomic E-state index is 11.3. The van der Waals surface area contributed by atoms with Crippen molar-refractivity contribution < 1.29 is 9.90 Å². The van der Waals surface area contributed by atoms with Crippen LogP contribution in [-0.4, -0.2) is 10.9 Å². The number of aryl methyl sites for hydroxylation is 1. The molecule has 1 aromatic carbocycles. The Balaban J connectivity index is 3.00. The number of hydrogen-bond acceptors (Lipinski definition) is 3. The molecule has 0 aromatic heterocycles. The minimum atomic E-state index is -0.108. The lowest BCUT2D eigenvalue weighted by atomic mass is 10.2. The molecule has 0 aliphatic rings. The lowest BCUT2D eigenvalue weighted by Gasteiger charge is -2.07. The summed E-state index contributed by atoms with van der Waals surface area (Å²) >= 11 is 1.31. The first-order valence-corrected chi connectivity index (χ1v) is 5.48. The van der Waals surface area contributed by atoms with E-state index < -0.39 is 0 Å². The Kier molecular flexibility index (Phi) is 3.97. The van der Waals surface area contributed by atoms with Gasteiger partial charge in [0.05, 0.1) is 4.91 Å².